The first-order valence-electron chi connectivity index (χ1n) is 7.99. The minimum Gasteiger partial charge on any atom is -0.463 e. The number of ether oxygens (including phenoxy) is 3. The molecule has 1 aliphatic heterocycles. The molecule has 10 heteroatoms. The topological polar surface area (TPSA) is 138 Å². The van der Waals surface area contributed by atoms with Gasteiger partial charge in [0.15, 0.2) is 11.9 Å². The Bertz CT molecular complexity index is 852. The SMILES string of the molecule is CC(=O)OC[C@H]1O[C@@](C)(c2ccc3c(N)ncnn23)[C@H](O)[C@@H]1OC(C)=O. The number of carbonyl (C=O) groups excluding carboxylic acids is 2. The van der Waals surface area contributed by atoms with Gasteiger partial charge < -0.3 is 25.1 Å². The van der Waals surface area contributed by atoms with Gasteiger partial charge in [-0.05, 0) is 19.1 Å². The summed E-state index contributed by atoms with van der Waals surface area (Å²) in [5.41, 5.74) is 5.61. The highest BCUT2D eigenvalue weighted by Crippen LogP contribution is 2.41. The van der Waals surface area contributed by atoms with E-state index in [0.29, 0.717) is 11.2 Å². The van der Waals surface area contributed by atoms with Crippen LogP contribution in [-0.2, 0) is 29.4 Å². The molecule has 0 bridgehead atoms. The summed E-state index contributed by atoms with van der Waals surface area (Å²) in [6.45, 7) is 3.96. The van der Waals surface area contributed by atoms with Crippen molar-refractivity contribution >= 4 is 23.3 Å². The smallest absolute Gasteiger partial charge is 0.303 e. The van der Waals surface area contributed by atoms with E-state index < -0.39 is 35.9 Å². The van der Waals surface area contributed by atoms with E-state index in [2.05, 4.69) is 10.1 Å². The largest absolute Gasteiger partial charge is 0.463 e. The number of fused-ring (bicyclic) bond motifs is 1. The third kappa shape index (κ3) is 2.97. The fourth-order valence-corrected chi connectivity index (χ4v) is 3.17. The Morgan fingerprint density at radius 3 is 2.77 bits per heavy atom. The molecule has 2 aromatic rings. The molecule has 10 nitrogen and oxygen atoms in total. The van der Waals surface area contributed by atoms with Crippen LogP contribution in [0.2, 0.25) is 0 Å². The molecular weight excluding hydrogens is 344 g/mol. The average molecular weight is 364 g/mol. The molecule has 3 rings (SSSR count). The Morgan fingerprint density at radius 1 is 1.38 bits per heavy atom. The van der Waals surface area contributed by atoms with Gasteiger partial charge in [-0.25, -0.2) is 9.50 Å². The van der Waals surface area contributed by atoms with Gasteiger partial charge in [-0.15, -0.1) is 0 Å². The third-order valence-corrected chi connectivity index (χ3v) is 4.38. The number of aliphatic hydroxyl groups is 1. The number of hydrogen-bond donors (Lipinski definition) is 2. The molecule has 140 valence electrons. The lowest BCUT2D eigenvalue weighted by Crippen LogP contribution is -2.42. The van der Waals surface area contributed by atoms with Crippen molar-refractivity contribution in [3.8, 4) is 0 Å². The van der Waals surface area contributed by atoms with E-state index in [9.17, 15) is 14.7 Å². The lowest BCUT2D eigenvalue weighted by molar-refractivity contribution is -0.157. The molecule has 0 spiro atoms. The van der Waals surface area contributed by atoms with E-state index >= 15 is 0 Å². The zero-order valence-electron chi connectivity index (χ0n) is 14.6. The third-order valence-electron chi connectivity index (χ3n) is 4.38. The maximum absolute atomic E-state index is 11.4. The van der Waals surface area contributed by atoms with Crippen molar-refractivity contribution in [2.45, 2.75) is 44.7 Å². The Kier molecular flexibility index (Phi) is 4.55. The van der Waals surface area contributed by atoms with Gasteiger partial charge in [0, 0.05) is 13.8 Å². The van der Waals surface area contributed by atoms with Crippen molar-refractivity contribution in [1.82, 2.24) is 14.6 Å². The van der Waals surface area contributed by atoms with Crippen LogP contribution in [0.25, 0.3) is 5.52 Å². The maximum Gasteiger partial charge on any atom is 0.303 e. The number of esters is 2. The van der Waals surface area contributed by atoms with E-state index in [1.54, 1.807) is 19.1 Å². The molecule has 0 radical (unpaired) electrons. The highest BCUT2D eigenvalue weighted by atomic mass is 16.6. The number of nitrogen functional groups attached to an aromatic ring is 1. The van der Waals surface area contributed by atoms with Crippen LogP contribution in [0.15, 0.2) is 18.5 Å². The Morgan fingerprint density at radius 2 is 2.12 bits per heavy atom. The van der Waals surface area contributed by atoms with Gasteiger partial charge in [-0.3, -0.25) is 9.59 Å². The summed E-state index contributed by atoms with van der Waals surface area (Å²) in [4.78, 5) is 26.5. The van der Waals surface area contributed by atoms with Crippen molar-refractivity contribution in [3.63, 3.8) is 0 Å². The summed E-state index contributed by atoms with van der Waals surface area (Å²) in [6, 6.07) is 3.40. The number of aliphatic hydroxyl groups excluding tert-OH is 1. The molecule has 2 aromatic heterocycles. The molecule has 1 saturated heterocycles. The average Bonchev–Trinajstić information content (AvgIpc) is 3.10. The zero-order chi connectivity index (χ0) is 19.1. The lowest BCUT2D eigenvalue weighted by Gasteiger charge is -2.27. The monoisotopic (exact) mass is 364 g/mol. The van der Waals surface area contributed by atoms with Crippen molar-refractivity contribution in [2.75, 3.05) is 12.3 Å². The number of rotatable bonds is 4. The number of nitrogens with zero attached hydrogens (tertiary/aromatic N) is 3. The van der Waals surface area contributed by atoms with E-state index in [4.69, 9.17) is 19.9 Å². The van der Waals surface area contributed by atoms with Gasteiger partial charge in [0.2, 0.25) is 0 Å². The first-order chi connectivity index (χ1) is 12.2. The Balaban J connectivity index is 2.00. The molecule has 26 heavy (non-hydrogen) atoms. The second-order valence-electron chi connectivity index (χ2n) is 6.25. The second-order valence-corrected chi connectivity index (χ2v) is 6.25. The Hall–Kier alpha value is -2.72. The number of aromatic nitrogens is 3. The summed E-state index contributed by atoms with van der Waals surface area (Å²) in [6.07, 6.45) is -1.79. The van der Waals surface area contributed by atoms with E-state index in [0.717, 1.165) is 0 Å². The lowest BCUT2D eigenvalue weighted by atomic mass is 9.93. The second kappa shape index (κ2) is 6.54. The minimum absolute atomic E-state index is 0.166. The molecule has 4 atom stereocenters. The number of anilines is 1. The van der Waals surface area contributed by atoms with Crippen LogP contribution in [0.5, 0.6) is 0 Å². The van der Waals surface area contributed by atoms with Crippen LogP contribution in [0, 0.1) is 0 Å². The van der Waals surface area contributed by atoms with Crippen LogP contribution in [0.1, 0.15) is 26.5 Å². The first kappa shape index (κ1) is 18.1. The van der Waals surface area contributed by atoms with Crippen LogP contribution in [0.3, 0.4) is 0 Å². The van der Waals surface area contributed by atoms with E-state index in [1.165, 1.54) is 24.7 Å². The highest BCUT2D eigenvalue weighted by Gasteiger charge is 2.56. The highest BCUT2D eigenvalue weighted by molar-refractivity contribution is 5.67. The number of hydrogen-bond acceptors (Lipinski definition) is 9. The fourth-order valence-electron chi connectivity index (χ4n) is 3.17. The van der Waals surface area contributed by atoms with Crippen molar-refractivity contribution < 1.29 is 28.9 Å². The molecule has 1 fully saturated rings. The Labute approximate surface area is 148 Å². The van der Waals surface area contributed by atoms with Crippen LogP contribution >= 0.6 is 0 Å². The predicted octanol–water partition coefficient (Wildman–Crippen LogP) is -0.219. The van der Waals surface area contributed by atoms with Crippen molar-refractivity contribution in [3.05, 3.63) is 24.2 Å². The fraction of sp³-hybridized carbons (Fsp3) is 0.500. The van der Waals surface area contributed by atoms with Crippen LogP contribution in [-0.4, -0.2) is 56.6 Å². The molecule has 0 aromatic carbocycles. The molecular formula is C16H20N4O6. The summed E-state index contributed by atoms with van der Waals surface area (Å²) in [7, 11) is 0. The molecule has 3 heterocycles. The van der Waals surface area contributed by atoms with Gasteiger partial charge in [-0.1, -0.05) is 0 Å². The van der Waals surface area contributed by atoms with Crippen LogP contribution < -0.4 is 5.73 Å². The number of nitrogens with two attached hydrogens (primary N) is 1. The number of carbonyl (C=O) groups is 2. The minimum atomic E-state index is -1.28. The van der Waals surface area contributed by atoms with Gasteiger partial charge in [0.25, 0.3) is 0 Å². The van der Waals surface area contributed by atoms with Crippen molar-refractivity contribution in [2.24, 2.45) is 0 Å². The van der Waals surface area contributed by atoms with Crippen molar-refractivity contribution in [1.29, 1.82) is 0 Å². The molecule has 3 N–H and O–H groups in total. The van der Waals surface area contributed by atoms with Crippen LogP contribution in [0.4, 0.5) is 5.82 Å². The predicted molar refractivity (Wildman–Crippen MR) is 87.8 cm³/mol. The van der Waals surface area contributed by atoms with E-state index in [-0.39, 0.29) is 12.4 Å². The molecule has 0 aliphatic carbocycles. The maximum atomic E-state index is 11.4. The van der Waals surface area contributed by atoms with Gasteiger partial charge in [0.1, 0.15) is 36.3 Å². The summed E-state index contributed by atoms with van der Waals surface area (Å²) < 4.78 is 17.7. The summed E-state index contributed by atoms with van der Waals surface area (Å²) >= 11 is 0. The molecule has 0 amide bonds. The van der Waals surface area contributed by atoms with Gasteiger partial charge >= 0.3 is 11.9 Å². The van der Waals surface area contributed by atoms with E-state index in [1.807, 2.05) is 0 Å². The normalized spacial score (nSPS) is 28.2. The quantitative estimate of drug-likeness (QED) is 0.705. The van der Waals surface area contributed by atoms with Gasteiger partial charge in [0.05, 0.1) is 5.69 Å². The first-order valence-corrected chi connectivity index (χ1v) is 7.99. The summed E-state index contributed by atoms with van der Waals surface area (Å²) in [5.74, 6) is -0.816. The zero-order valence-corrected chi connectivity index (χ0v) is 14.6. The van der Waals surface area contributed by atoms with Gasteiger partial charge in [-0.2, -0.15) is 5.10 Å². The molecule has 0 saturated carbocycles. The standard InChI is InChI=1S/C16H20N4O6/c1-8(21)24-6-11-13(25-9(2)22)14(23)16(3,26-11)12-5-4-10-15(17)18-7-19-20(10)12/h4-5,7,11,13-14,23H,6H2,1-3H3,(H2,17,18,19)/t11-,13-,14-,16+/m1/s1. The summed E-state index contributed by atoms with van der Waals surface area (Å²) in [5, 5.41) is 15.0. The molecule has 0 unspecified atom stereocenters. The molecule has 1 aliphatic rings.